The van der Waals surface area contributed by atoms with Gasteiger partial charge in [0.2, 0.25) is 15.8 Å². The zero-order chi connectivity index (χ0) is 18.4. The van der Waals surface area contributed by atoms with Gasteiger partial charge in [-0.05, 0) is 25.8 Å². The van der Waals surface area contributed by atoms with Gasteiger partial charge in [-0.3, -0.25) is 0 Å². The summed E-state index contributed by atoms with van der Waals surface area (Å²) in [7, 11) is -2.50. The Hall–Kier alpha value is -1.13. The van der Waals surface area contributed by atoms with E-state index in [0.29, 0.717) is 45.5 Å². The van der Waals surface area contributed by atoms with Crippen LogP contribution in [-0.4, -0.2) is 58.1 Å². The van der Waals surface area contributed by atoms with Crippen molar-refractivity contribution in [3.05, 3.63) is 17.6 Å². The minimum Gasteiger partial charge on any atom is -0.463 e. The van der Waals surface area contributed by atoms with Crippen molar-refractivity contribution >= 4 is 28.4 Å². The number of piperidine rings is 1. The molecule has 1 aromatic rings. The van der Waals surface area contributed by atoms with Gasteiger partial charge in [0.1, 0.15) is 10.7 Å². The van der Waals surface area contributed by atoms with Crippen molar-refractivity contribution in [3.63, 3.8) is 0 Å². The Labute approximate surface area is 160 Å². The molecule has 0 bridgehead atoms. The summed E-state index contributed by atoms with van der Waals surface area (Å²) in [6.45, 7) is 3.69. The molecule has 1 fully saturated rings. The van der Waals surface area contributed by atoms with Gasteiger partial charge < -0.3 is 19.6 Å². The van der Waals surface area contributed by atoms with Crippen LogP contribution in [0, 0.1) is 0 Å². The molecule has 1 aliphatic rings. The van der Waals surface area contributed by atoms with Crippen LogP contribution in [0.2, 0.25) is 0 Å². The summed E-state index contributed by atoms with van der Waals surface area (Å²) in [5, 5.41) is 0. The zero-order valence-electron chi connectivity index (χ0n) is 15.1. The third-order valence-corrected chi connectivity index (χ3v) is 6.14. The Morgan fingerprint density at radius 3 is 2.58 bits per heavy atom. The fourth-order valence-corrected chi connectivity index (χ4v) is 4.49. The molecule has 1 aromatic heterocycles. The first-order valence-corrected chi connectivity index (χ1v) is 9.90. The van der Waals surface area contributed by atoms with Crippen molar-refractivity contribution in [2.24, 2.45) is 5.73 Å². The molecule has 0 aromatic carbocycles. The minimum atomic E-state index is -3.72. The van der Waals surface area contributed by atoms with Gasteiger partial charge in [-0.25, -0.2) is 13.2 Å². The Balaban J connectivity index is 0.00000338. The number of carbonyl (C=O) groups is 1. The van der Waals surface area contributed by atoms with Gasteiger partial charge in [-0.2, -0.15) is 4.31 Å². The van der Waals surface area contributed by atoms with E-state index >= 15 is 0 Å². The van der Waals surface area contributed by atoms with Gasteiger partial charge in [-0.1, -0.05) is 6.92 Å². The average Bonchev–Trinajstić information content (AvgIpc) is 3.07. The quantitative estimate of drug-likeness (QED) is 0.511. The number of furan rings is 1. The summed E-state index contributed by atoms with van der Waals surface area (Å²) in [4.78, 5) is 11.7. The number of carbonyl (C=O) groups excluding carboxylic acids is 1. The van der Waals surface area contributed by atoms with Gasteiger partial charge >= 0.3 is 5.97 Å². The molecule has 2 heterocycles. The summed E-state index contributed by atoms with van der Waals surface area (Å²) >= 11 is 0. The molecule has 0 atom stereocenters. The first-order valence-electron chi connectivity index (χ1n) is 8.46. The average molecular weight is 411 g/mol. The van der Waals surface area contributed by atoms with E-state index in [4.69, 9.17) is 14.9 Å². The number of rotatable bonds is 8. The number of nitrogens with two attached hydrogens (primary N) is 1. The van der Waals surface area contributed by atoms with Gasteiger partial charge in [0.15, 0.2) is 0 Å². The van der Waals surface area contributed by atoms with Crippen LogP contribution in [0.25, 0.3) is 0 Å². The Morgan fingerprint density at radius 1 is 1.38 bits per heavy atom. The van der Waals surface area contributed by atoms with E-state index in [0.717, 1.165) is 6.42 Å². The lowest BCUT2D eigenvalue weighted by Crippen LogP contribution is -2.41. The lowest BCUT2D eigenvalue weighted by molar-refractivity contribution is 0.0208. The second-order valence-corrected chi connectivity index (χ2v) is 7.77. The van der Waals surface area contributed by atoms with Gasteiger partial charge in [0.25, 0.3) is 0 Å². The summed E-state index contributed by atoms with van der Waals surface area (Å²) in [6, 6.07) is 1.25. The zero-order valence-corrected chi connectivity index (χ0v) is 16.7. The van der Waals surface area contributed by atoms with Crippen molar-refractivity contribution < 1.29 is 27.1 Å². The molecule has 2 rings (SSSR count). The molecular weight excluding hydrogens is 384 g/mol. The molecule has 2 N–H and O–H groups in total. The second kappa shape index (κ2) is 10.3. The van der Waals surface area contributed by atoms with Crippen LogP contribution in [-0.2, 0) is 25.9 Å². The third-order valence-electron chi connectivity index (χ3n) is 4.20. The highest BCUT2D eigenvalue weighted by atomic mass is 35.5. The smallest absolute Gasteiger partial charge is 0.373 e. The molecule has 26 heavy (non-hydrogen) atoms. The lowest BCUT2D eigenvalue weighted by Gasteiger charge is -2.31. The fourth-order valence-electron chi connectivity index (χ4n) is 2.79. The topological polar surface area (TPSA) is 112 Å². The van der Waals surface area contributed by atoms with Crippen LogP contribution in [0.1, 0.15) is 42.5 Å². The van der Waals surface area contributed by atoms with Crippen molar-refractivity contribution in [1.29, 1.82) is 0 Å². The Kier molecular flexibility index (Phi) is 9.05. The van der Waals surface area contributed by atoms with Crippen LogP contribution >= 0.6 is 12.4 Å². The van der Waals surface area contributed by atoms with Crippen LogP contribution in [0.15, 0.2) is 15.4 Å². The van der Waals surface area contributed by atoms with Crippen LogP contribution < -0.4 is 5.73 Å². The molecule has 1 aliphatic heterocycles. The normalized spacial score (nSPS) is 16.3. The number of esters is 1. The summed E-state index contributed by atoms with van der Waals surface area (Å²) in [6.07, 6.45) is 2.48. The third kappa shape index (κ3) is 5.20. The largest absolute Gasteiger partial charge is 0.463 e. The predicted octanol–water partition coefficient (Wildman–Crippen LogP) is 1.57. The first-order chi connectivity index (χ1) is 11.9. The van der Waals surface area contributed by atoms with Crippen LogP contribution in [0.5, 0.6) is 0 Å². The Morgan fingerprint density at radius 2 is 2.04 bits per heavy atom. The van der Waals surface area contributed by atoms with Gasteiger partial charge in [0.05, 0.1) is 13.2 Å². The number of ether oxygens (including phenoxy) is 2. The molecule has 0 aliphatic carbocycles. The van der Waals surface area contributed by atoms with Crippen LogP contribution in [0.3, 0.4) is 0 Å². The highest BCUT2D eigenvalue weighted by Gasteiger charge is 2.33. The van der Waals surface area contributed by atoms with Gasteiger partial charge in [-0.15, -0.1) is 12.4 Å². The molecule has 0 amide bonds. The predicted molar refractivity (Wildman–Crippen MR) is 98.1 cm³/mol. The molecule has 1 saturated heterocycles. The van der Waals surface area contributed by atoms with E-state index in [-0.39, 0.29) is 34.9 Å². The maximum Gasteiger partial charge on any atom is 0.373 e. The second-order valence-electron chi connectivity index (χ2n) is 5.86. The van der Waals surface area contributed by atoms with Crippen LogP contribution in [0.4, 0.5) is 0 Å². The summed E-state index contributed by atoms with van der Waals surface area (Å²) < 4.78 is 42.9. The molecule has 8 nitrogen and oxygen atoms in total. The molecule has 0 unspecified atom stereocenters. The Bertz CT molecular complexity index is 683. The number of nitrogens with zero attached hydrogens (tertiary/aromatic N) is 1. The number of hydrogen-bond acceptors (Lipinski definition) is 7. The minimum absolute atomic E-state index is 0. The maximum absolute atomic E-state index is 12.9. The fraction of sp³-hybridized carbons (Fsp3) is 0.688. The highest BCUT2D eigenvalue weighted by molar-refractivity contribution is 7.89. The molecule has 0 spiro atoms. The van der Waals surface area contributed by atoms with E-state index < -0.39 is 16.0 Å². The SMILES string of the molecule is CCc1oc(C(=O)OC)cc1S(=O)(=O)N1CCC(OCCCN)CC1.Cl. The maximum atomic E-state index is 12.9. The summed E-state index contributed by atoms with van der Waals surface area (Å²) in [5.74, 6) is -0.525. The monoisotopic (exact) mass is 410 g/mol. The number of aryl methyl sites for hydroxylation is 1. The van der Waals surface area contributed by atoms with Crippen molar-refractivity contribution in [3.8, 4) is 0 Å². The number of sulfonamides is 1. The van der Waals surface area contributed by atoms with Crippen molar-refractivity contribution in [1.82, 2.24) is 4.31 Å². The highest BCUT2D eigenvalue weighted by Crippen LogP contribution is 2.28. The first kappa shape index (κ1) is 22.9. The van der Waals surface area contributed by atoms with Crippen molar-refractivity contribution in [2.45, 2.75) is 43.6 Å². The molecule has 150 valence electrons. The van der Waals surface area contributed by atoms with Gasteiger partial charge in [0, 0.05) is 32.2 Å². The molecular formula is C16H27ClN2O6S. The van der Waals surface area contributed by atoms with E-state index in [2.05, 4.69) is 4.74 Å². The van der Waals surface area contributed by atoms with E-state index in [1.807, 2.05) is 0 Å². The van der Waals surface area contributed by atoms with E-state index in [9.17, 15) is 13.2 Å². The van der Waals surface area contributed by atoms with E-state index in [1.165, 1.54) is 17.5 Å². The van der Waals surface area contributed by atoms with Crippen molar-refractivity contribution in [2.75, 3.05) is 33.4 Å². The molecule has 0 saturated carbocycles. The number of halogens is 1. The van der Waals surface area contributed by atoms with E-state index in [1.54, 1.807) is 6.92 Å². The number of methoxy groups -OCH3 is 1. The number of hydrogen-bond donors (Lipinski definition) is 1. The molecule has 10 heteroatoms. The lowest BCUT2D eigenvalue weighted by atomic mass is 10.1. The summed E-state index contributed by atoms with van der Waals surface area (Å²) in [5.41, 5.74) is 5.44. The standard InChI is InChI=1S/C16H26N2O6S.ClH/c1-3-13-15(11-14(24-13)16(19)22-2)25(20,21)18-8-5-12(6-9-18)23-10-4-7-17;/h11-12H,3-10,17H2,1-2H3;1H. The molecule has 0 radical (unpaired) electrons.